The standard InChI is InChI=1S/C17H13FN4O/c18-12-6-7-16(23)13(8-12)14-9-15(11-4-2-1-3-5-11)22-17(21-14)19-10-20-22/h1-8,10,15,23H,9H2. The second kappa shape index (κ2) is 5.31. The molecular weight excluding hydrogens is 295 g/mol. The van der Waals surface area contributed by atoms with Crippen molar-refractivity contribution in [2.45, 2.75) is 12.5 Å². The van der Waals surface area contributed by atoms with Gasteiger partial charge < -0.3 is 5.11 Å². The second-order valence-electron chi connectivity index (χ2n) is 5.36. The highest BCUT2D eigenvalue weighted by Crippen LogP contribution is 2.34. The Kier molecular flexibility index (Phi) is 3.15. The van der Waals surface area contributed by atoms with Gasteiger partial charge in [0.2, 0.25) is 5.95 Å². The third-order valence-electron chi connectivity index (χ3n) is 3.92. The summed E-state index contributed by atoms with van der Waals surface area (Å²) in [5, 5.41) is 14.3. The van der Waals surface area contributed by atoms with Gasteiger partial charge in [-0.15, -0.1) is 0 Å². The van der Waals surface area contributed by atoms with Crippen LogP contribution in [0.3, 0.4) is 0 Å². The normalized spacial score (nSPS) is 16.7. The minimum Gasteiger partial charge on any atom is -0.507 e. The predicted molar refractivity (Wildman–Crippen MR) is 83.5 cm³/mol. The molecule has 6 heteroatoms. The van der Waals surface area contributed by atoms with E-state index >= 15 is 0 Å². The van der Waals surface area contributed by atoms with Crippen LogP contribution in [0.5, 0.6) is 5.75 Å². The van der Waals surface area contributed by atoms with Gasteiger partial charge in [0.05, 0.1) is 11.8 Å². The molecule has 1 aromatic heterocycles. The zero-order chi connectivity index (χ0) is 15.8. The molecule has 0 spiro atoms. The lowest BCUT2D eigenvalue weighted by atomic mass is 9.95. The molecular formula is C17H13FN4O. The van der Waals surface area contributed by atoms with Crippen LogP contribution in [0, 0.1) is 5.82 Å². The largest absolute Gasteiger partial charge is 0.507 e. The molecule has 0 saturated heterocycles. The third-order valence-corrected chi connectivity index (χ3v) is 3.92. The fourth-order valence-electron chi connectivity index (χ4n) is 2.82. The Labute approximate surface area is 131 Å². The molecule has 23 heavy (non-hydrogen) atoms. The Hall–Kier alpha value is -3.02. The molecule has 1 aliphatic rings. The average molecular weight is 308 g/mol. The summed E-state index contributed by atoms with van der Waals surface area (Å²) in [6.07, 6.45) is 1.94. The van der Waals surface area contributed by atoms with Crippen molar-refractivity contribution < 1.29 is 9.50 Å². The van der Waals surface area contributed by atoms with Gasteiger partial charge in [0, 0.05) is 12.0 Å². The lowest BCUT2D eigenvalue weighted by Crippen LogP contribution is -2.21. The molecule has 0 bridgehead atoms. The fraction of sp³-hybridized carbons (Fsp3) is 0.118. The van der Waals surface area contributed by atoms with Crippen LogP contribution >= 0.6 is 0 Å². The summed E-state index contributed by atoms with van der Waals surface area (Å²) in [4.78, 5) is 8.58. The first-order valence-electron chi connectivity index (χ1n) is 7.23. The zero-order valence-corrected chi connectivity index (χ0v) is 12.1. The van der Waals surface area contributed by atoms with E-state index in [4.69, 9.17) is 0 Å². The maximum atomic E-state index is 13.6. The summed E-state index contributed by atoms with van der Waals surface area (Å²) in [7, 11) is 0. The number of benzene rings is 2. The molecule has 0 fully saturated rings. The van der Waals surface area contributed by atoms with Crippen molar-refractivity contribution in [3.63, 3.8) is 0 Å². The van der Waals surface area contributed by atoms with Gasteiger partial charge in [-0.3, -0.25) is 0 Å². The minimum absolute atomic E-state index is 0.00456. The maximum Gasteiger partial charge on any atom is 0.248 e. The van der Waals surface area contributed by atoms with Gasteiger partial charge in [-0.2, -0.15) is 10.1 Å². The van der Waals surface area contributed by atoms with Crippen molar-refractivity contribution in [3.05, 3.63) is 71.8 Å². The summed E-state index contributed by atoms with van der Waals surface area (Å²) in [6, 6.07) is 13.6. The van der Waals surface area contributed by atoms with E-state index in [1.165, 1.54) is 24.5 Å². The van der Waals surface area contributed by atoms with Gasteiger partial charge in [-0.05, 0) is 23.8 Å². The van der Waals surface area contributed by atoms with Crippen molar-refractivity contribution in [2.24, 2.45) is 4.99 Å². The third kappa shape index (κ3) is 2.38. The maximum absolute atomic E-state index is 13.6. The smallest absolute Gasteiger partial charge is 0.248 e. The minimum atomic E-state index is -0.413. The number of hydrogen-bond donors (Lipinski definition) is 1. The number of fused-ring (bicyclic) bond motifs is 1. The van der Waals surface area contributed by atoms with Gasteiger partial charge in [0.15, 0.2) is 0 Å². The Bertz CT molecular complexity index is 889. The monoisotopic (exact) mass is 308 g/mol. The highest BCUT2D eigenvalue weighted by Gasteiger charge is 2.27. The highest BCUT2D eigenvalue weighted by molar-refractivity contribution is 6.04. The van der Waals surface area contributed by atoms with Crippen LogP contribution in [-0.4, -0.2) is 25.6 Å². The van der Waals surface area contributed by atoms with E-state index in [0.717, 1.165) is 5.56 Å². The molecule has 114 valence electrons. The number of hydrogen-bond acceptors (Lipinski definition) is 4. The van der Waals surface area contributed by atoms with E-state index in [9.17, 15) is 9.50 Å². The summed E-state index contributed by atoms with van der Waals surface area (Å²) in [5.74, 6) is 0.0393. The molecule has 2 heterocycles. The summed E-state index contributed by atoms with van der Waals surface area (Å²) in [6.45, 7) is 0. The lowest BCUT2D eigenvalue weighted by Gasteiger charge is -2.24. The van der Waals surface area contributed by atoms with Crippen LogP contribution in [0.4, 0.5) is 10.3 Å². The Morgan fingerprint density at radius 1 is 1.13 bits per heavy atom. The number of phenols is 1. The predicted octanol–water partition coefficient (Wildman–Crippen LogP) is 3.24. The first-order valence-corrected chi connectivity index (χ1v) is 7.23. The van der Waals surface area contributed by atoms with Crippen LogP contribution < -0.4 is 0 Å². The Morgan fingerprint density at radius 2 is 1.96 bits per heavy atom. The van der Waals surface area contributed by atoms with Gasteiger partial charge in [-0.1, -0.05) is 30.3 Å². The Morgan fingerprint density at radius 3 is 2.78 bits per heavy atom. The topological polar surface area (TPSA) is 63.3 Å². The molecule has 1 N–H and O–H groups in total. The SMILES string of the molecule is Oc1ccc(F)cc1C1=Nc2ncnn2C(c2ccccc2)C1. The summed E-state index contributed by atoms with van der Waals surface area (Å²) in [5.41, 5.74) is 2.04. The number of rotatable bonds is 2. The van der Waals surface area contributed by atoms with Gasteiger partial charge >= 0.3 is 0 Å². The first kappa shape index (κ1) is 13.6. The van der Waals surface area contributed by atoms with E-state index in [-0.39, 0.29) is 11.8 Å². The van der Waals surface area contributed by atoms with Gasteiger partial charge in [0.1, 0.15) is 17.9 Å². The molecule has 1 atom stereocenters. The van der Waals surface area contributed by atoms with Crippen molar-refractivity contribution >= 4 is 11.7 Å². The summed E-state index contributed by atoms with van der Waals surface area (Å²) < 4.78 is 15.3. The molecule has 0 radical (unpaired) electrons. The van der Waals surface area contributed by atoms with Crippen LogP contribution in [-0.2, 0) is 0 Å². The number of aliphatic imine (C=N–C) groups is 1. The van der Waals surface area contributed by atoms with E-state index in [0.29, 0.717) is 23.6 Å². The van der Waals surface area contributed by atoms with E-state index < -0.39 is 5.82 Å². The van der Waals surface area contributed by atoms with E-state index in [1.807, 2.05) is 30.3 Å². The molecule has 5 nitrogen and oxygen atoms in total. The average Bonchev–Trinajstić information content (AvgIpc) is 3.05. The Balaban J connectivity index is 1.83. The van der Waals surface area contributed by atoms with Crippen LogP contribution in [0.2, 0.25) is 0 Å². The molecule has 0 aliphatic carbocycles. The number of aromatic nitrogens is 3. The fourth-order valence-corrected chi connectivity index (χ4v) is 2.82. The lowest BCUT2D eigenvalue weighted by molar-refractivity contribution is 0.470. The number of aromatic hydroxyl groups is 1. The number of phenolic OH excluding ortho intramolecular Hbond substituents is 1. The van der Waals surface area contributed by atoms with E-state index in [1.54, 1.807) is 4.68 Å². The molecule has 4 rings (SSSR count). The van der Waals surface area contributed by atoms with Crippen molar-refractivity contribution in [2.75, 3.05) is 0 Å². The molecule has 3 aromatic rings. The number of nitrogens with zero attached hydrogens (tertiary/aromatic N) is 4. The van der Waals surface area contributed by atoms with Crippen molar-refractivity contribution in [1.82, 2.24) is 14.8 Å². The van der Waals surface area contributed by atoms with Gasteiger partial charge in [0.25, 0.3) is 0 Å². The van der Waals surface area contributed by atoms with Crippen molar-refractivity contribution in [1.29, 1.82) is 0 Å². The summed E-state index contributed by atoms with van der Waals surface area (Å²) >= 11 is 0. The molecule has 0 amide bonds. The van der Waals surface area contributed by atoms with Crippen LogP contribution in [0.15, 0.2) is 59.9 Å². The quantitative estimate of drug-likeness (QED) is 0.790. The molecule has 1 aliphatic heterocycles. The molecule has 1 unspecified atom stereocenters. The van der Waals surface area contributed by atoms with Gasteiger partial charge in [-0.25, -0.2) is 14.1 Å². The molecule has 2 aromatic carbocycles. The second-order valence-corrected chi connectivity index (χ2v) is 5.36. The first-order chi connectivity index (χ1) is 11.2. The van der Waals surface area contributed by atoms with Crippen LogP contribution in [0.1, 0.15) is 23.6 Å². The van der Waals surface area contributed by atoms with Crippen molar-refractivity contribution in [3.8, 4) is 5.75 Å². The highest BCUT2D eigenvalue weighted by atomic mass is 19.1. The number of halogens is 1. The molecule has 0 saturated carbocycles. The van der Waals surface area contributed by atoms with Crippen LogP contribution in [0.25, 0.3) is 0 Å². The van der Waals surface area contributed by atoms with E-state index in [2.05, 4.69) is 15.1 Å². The zero-order valence-electron chi connectivity index (χ0n) is 12.1.